The molecule has 0 spiro atoms. The van der Waals surface area contributed by atoms with Gasteiger partial charge in [0.2, 0.25) is 0 Å². The topological polar surface area (TPSA) is 47.6 Å². The molecule has 0 heterocycles. The molecule has 0 radical (unpaired) electrons. The van der Waals surface area contributed by atoms with Gasteiger partial charge in [-0.05, 0) is 37.7 Å². The number of likely N-dealkylation sites (N-methyl/N-ethyl adjacent to an activating group) is 1. The van der Waals surface area contributed by atoms with Gasteiger partial charge in [-0.15, -0.1) is 11.8 Å². The van der Waals surface area contributed by atoms with Crippen LogP contribution in [0.1, 0.15) is 13.8 Å². The van der Waals surface area contributed by atoms with E-state index < -0.39 is 5.54 Å². The number of hydrogen-bond acceptors (Lipinski definition) is 5. The lowest BCUT2D eigenvalue weighted by Crippen LogP contribution is -2.52. The molecule has 0 aromatic heterocycles. The van der Waals surface area contributed by atoms with Crippen LogP contribution in [-0.2, 0) is 9.53 Å². The maximum Gasteiger partial charge on any atom is 0.326 e. The van der Waals surface area contributed by atoms with Gasteiger partial charge >= 0.3 is 5.97 Å². The monoisotopic (exact) mass is 283 g/mol. The SMILES string of the molecule is CCNC(C)(CSc1ccc(OC)cc1)C(=O)OC. The lowest BCUT2D eigenvalue weighted by molar-refractivity contribution is -0.146. The zero-order valence-corrected chi connectivity index (χ0v) is 12.7. The molecule has 0 saturated heterocycles. The van der Waals surface area contributed by atoms with E-state index in [1.165, 1.54) is 7.11 Å². The van der Waals surface area contributed by atoms with Crippen molar-refractivity contribution in [2.24, 2.45) is 0 Å². The molecule has 0 aliphatic carbocycles. The van der Waals surface area contributed by atoms with Gasteiger partial charge in [0.05, 0.1) is 14.2 Å². The summed E-state index contributed by atoms with van der Waals surface area (Å²) < 4.78 is 9.97. The molecular formula is C14H21NO3S. The number of thioether (sulfide) groups is 1. The van der Waals surface area contributed by atoms with Crippen molar-refractivity contribution in [2.45, 2.75) is 24.3 Å². The summed E-state index contributed by atoms with van der Waals surface area (Å²) in [6.45, 7) is 4.55. The highest BCUT2D eigenvalue weighted by Gasteiger charge is 2.33. The van der Waals surface area contributed by atoms with Crippen LogP contribution in [0.15, 0.2) is 29.2 Å². The van der Waals surface area contributed by atoms with Crippen molar-refractivity contribution in [3.8, 4) is 5.75 Å². The van der Waals surface area contributed by atoms with Gasteiger partial charge in [0.1, 0.15) is 11.3 Å². The molecule has 1 unspecified atom stereocenters. The summed E-state index contributed by atoms with van der Waals surface area (Å²) in [4.78, 5) is 12.9. The van der Waals surface area contributed by atoms with Crippen LogP contribution in [0.5, 0.6) is 5.75 Å². The Balaban J connectivity index is 2.67. The van der Waals surface area contributed by atoms with Crippen molar-refractivity contribution in [3.05, 3.63) is 24.3 Å². The molecule has 0 amide bonds. The molecule has 5 heteroatoms. The van der Waals surface area contributed by atoms with Gasteiger partial charge in [-0.25, -0.2) is 0 Å². The Hall–Kier alpha value is -1.20. The van der Waals surface area contributed by atoms with Crippen molar-refractivity contribution in [2.75, 3.05) is 26.5 Å². The minimum absolute atomic E-state index is 0.240. The number of nitrogens with one attached hydrogen (secondary N) is 1. The number of carbonyl (C=O) groups is 1. The second kappa shape index (κ2) is 7.40. The highest BCUT2D eigenvalue weighted by molar-refractivity contribution is 7.99. The van der Waals surface area contributed by atoms with E-state index >= 15 is 0 Å². The maximum atomic E-state index is 11.8. The van der Waals surface area contributed by atoms with Crippen LogP contribution >= 0.6 is 11.8 Å². The van der Waals surface area contributed by atoms with E-state index in [2.05, 4.69) is 5.32 Å². The van der Waals surface area contributed by atoms with E-state index in [0.29, 0.717) is 5.75 Å². The van der Waals surface area contributed by atoms with E-state index in [1.807, 2.05) is 38.1 Å². The summed E-state index contributed by atoms with van der Waals surface area (Å²) in [5.41, 5.74) is -0.673. The van der Waals surface area contributed by atoms with Gasteiger partial charge in [-0.3, -0.25) is 4.79 Å². The van der Waals surface area contributed by atoms with E-state index in [4.69, 9.17) is 9.47 Å². The number of esters is 1. The Morgan fingerprint density at radius 2 is 1.95 bits per heavy atom. The predicted octanol–water partition coefficient (Wildman–Crippen LogP) is 2.33. The van der Waals surface area contributed by atoms with E-state index in [0.717, 1.165) is 17.2 Å². The van der Waals surface area contributed by atoms with Crippen molar-refractivity contribution < 1.29 is 14.3 Å². The summed E-state index contributed by atoms with van der Waals surface area (Å²) in [6.07, 6.45) is 0. The first-order valence-corrected chi connectivity index (χ1v) is 7.14. The predicted molar refractivity (Wildman–Crippen MR) is 77.8 cm³/mol. The lowest BCUT2D eigenvalue weighted by Gasteiger charge is -2.27. The van der Waals surface area contributed by atoms with Gasteiger partial charge < -0.3 is 14.8 Å². The van der Waals surface area contributed by atoms with Crippen LogP contribution in [0.25, 0.3) is 0 Å². The molecule has 0 fully saturated rings. The molecule has 1 aromatic rings. The highest BCUT2D eigenvalue weighted by Crippen LogP contribution is 2.25. The number of carbonyl (C=O) groups excluding carboxylic acids is 1. The Morgan fingerprint density at radius 3 is 2.42 bits per heavy atom. The van der Waals surface area contributed by atoms with Gasteiger partial charge in [-0.1, -0.05) is 6.92 Å². The summed E-state index contributed by atoms with van der Waals surface area (Å²) in [6, 6.07) is 7.77. The molecule has 1 N–H and O–H groups in total. The van der Waals surface area contributed by atoms with Gasteiger partial charge in [0.25, 0.3) is 0 Å². The summed E-state index contributed by atoms with van der Waals surface area (Å²) in [7, 11) is 3.05. The minimum atomic E-state index is -0.673. The van der Waals surface area contributed by atoms with Crippen LogP contribution in [-0.4, -0.2) is 38.0 Å². The van der Waals surface area contributed by atoms with Crippen molar-refractivity contribution in [1.29, 1.82) is 0 Å². The van der Waals surface area contributed by atoms with Crippen LogP contribution < -0.4 is 10.1 Å². The van der Waals surface area contributed by atoms with Gasteiger partial charge in [0.15, 0.2) is 0 Å². The Morgan fingerprint density at radius 1 is 1.32 bits per heavy atom. The number of hydrogen-bond donors (Lipinski definition) is 1. The molecule has 0 aliphatic heterocycles. The molecule has 4 nitrogen and oxygen atoms in total. The first-order chi connectivity index (χ1) is 9.05. The normalized spacial score (nSPS) is 13.7. The van der Waals surface area contributed by atoms with Crippen LogP contribution in [0.3, 0.4) is 0 Å². The molecule has 1 atom stereocenters. The standard InChI is InChI=1S/C14H21NO3S/c1-5-15-14(2,13(16)18-4)10-19-12-8-6-11(17-3)7-9-12/h6-9,15H,5,10H2,1-4H3. The smallest absolute Gasteiger partial charge is 0.326 e. The van der Waals surface area contributed by atoms with E-state index in [-0.39, 0.29) is 5.97 Å². The van der Waals surface area contributed by atoms with E-state index in [1.54, 1.807) is 18.9 Å². The average Bonchev–Trinajstić information content (AvgIpc) is 2.45. The first kappa shape index (κ1) is 15.9. The number of ether oxygens (including phenoxy) is 2. The largest absolute Gasteiger partial charge is 0.497 e. The van der Waals surface area contributed by atoms with Gasteiger partial charge in [-0.2, -0.15) is 0 Å². The van der Waals surface area contributed by atoms with Gasteiger partial charge in [0, 0.05) is 10.6 Å². The van der Waals surface area contributed by atoms with Crippen LogP contribution in [0.4, 0.5) is 0 Å². The van der Waals surface area contributed by atoms with Crippen molar-refractivity contribution in [3.63, 3.8) is 0 Å². The molecular weight excluding hydrogens is 262 g/mol. The zero-order chi connectivity index (χ0) is 14.3. The average molecular weight is 283 g/mol. The quantitative estimate of drug-likeness (QED) is 0.615. The molecule has 0 saturated carbocycles. The summed E-state index contributed by atoms with van der Waals surface area (Å²) >= 11 is 1.61. The highest BCUT2D eigenvalue weighted by atomic mass is 32.2. The Labute approximate surface area is 118 Å². The number of benzene rings is 1. The second-order valence-electron chi connectivity index (χ2n) is 4.32. The number of methoxy groups -OCH3 is 2. The summed E-state index contributed by atoms with van der Waals surface area (Å²) in [5.74, 6) is 1.20. The minimum Gasteiger partial charge on any atom is -0.497 e. The van der Waals surface area contributed by atoms with E-state index in [9.17, 15) is 4.79 Å². The Bertz CT molecular complexity index is 408. The Kier molecular flexibility index (Phi) is 6.18. The summed E-state index contributed by atoms with van der Waals surface area (Å²) in [5, 5.41) is 3.18. The third kappa shape index (κ3) is 4.44. The molecule has 0 bridgehead atoms. The van der Waals surface area contributed by atoms with Crippen molar-refractivity contribution in [1.82, 2.24) is 5.32 Å². The molecule has 106 valence electrons. The molecule has 1 aromatic carbocycles. The fraction of sp³-hybridized carbons (Fsp3) is 0.500. The molecule has 1 rings (SSSR count). The second-order valence-corrected chi connectivity index (χ2v) is 5.37. The van der Waals surface area contributed by atoms with Crippen molar-refractivity contribution >= 4 is 17.7 Å². The lowest BCUT2D eigenvalue weighted by atomic mass is 10.1. The zero-order valence-electron chi connectivity index (χ0n) is 11.9. The van der Waals surface area contributed by atoms with Crippen LogP contribution in [0.2, 0.25) is 0 Å². The number of rotatable bonds is 7. The fourth-order valence-electron chi connectivity index (χ4n) is 1.70. The first-order valence-electron chi connectivity index (χ1n) is 6.16. The third-order valence-electron chi connectivity index (χ3n) is 2.79. The van der Waals surface area contributed by atoms with Crippen LogP contribution in [0, 0.1) is 0 Å². The maximum absolute atomic E-state index is 11.8. The molecule has 0 aliphatic rings. The molecule has 19 heavy (non-hydrogen) atoms. The third-order valence-corrected chi connectivity index (χ3v) is 4.12. The fourth-order valence-corrected chi connectivity index (χ4v) is 2.70.